The van der Waals surface area contributed by atoms with Gasteiger partial charge in [-0.3, -0.25) is 4.79 Å². The predicted molar refractivity (Wildman–Crippen MR) is 109 cm³/mol. The summed E-state index contributed by atoms with van der Waals surface area (Å²) in [6, 6.07) is 12.7. The molecule has 0 radical (unpaired) electrons. The number of fused-ring (bicyclic) bond motifs is 1. The number of anilines is 1. The van der Waals surface area contributed by atoms with Crippen molar-refractivity contribution < 1.29 is 4.79 Å². The Morgan fingerprint density at radius 2 is 1.80 bits per heavy atom. The molecule has 0 saturated heterocycles. The van der Waals surface area contributed by atoms with E-state index in [2.05, 4.69) is 67.5 Å². The Morgan fingerprint density at radius 1 is 1.08 bits per heavy atom. The second-order valence-corrected chi connectivity index (χ2v) is 8.38. The molecule has 25 heavy (non-hydrogen) atoms. The molecule has 1 amide bonds. The summed E-state index contributed by atoms with van der Waals surface area (Å²) in [6.07, 6.45) is 1.38. The first kappa shape index (κ1) is 18.0. The summed E-state index contributed by atoms with van der Waals surface area (Å²) >= 11 is 3.35. The van der Waals surface area contributed by atoms with Crippen LogP contribution < -0.4 is 5.32 Å². The highest BCUT2D eigenvalue weighted by Crippen LogP contribution is 2.31. The molecule has 3 aromatic rings. The van der Waals surface area contributed by atoms with Gasteiger partial charge in [0.1, 0.15) is 0 Å². The molecular formula is C20H22N2OS2. The van der Waals surface area contributed by atoms with Crippen LogP contribution in [0.25, 0.3) is 10.2 Å². The number of hydrogen-bond acceptors (Lipinski definition) is 4. The fraction of sp³-hybridized carbons (Fsp3) is 0.300. The molecule has 0 fully saturated rings. The zero-order chi connectivity index (χ0) is 17.8. The number of thioether (sulfide) groups is 1. The van der Waals surface area contributed by atoms with E-state index in [0.29, 0.717) is 11.6 Å². The number of carbonyl (C=O) groups is 1. The summed E-state index contributed by atoms with van der Waals surface area (Å²) in [4.78, 5) is 18.0. The van der Waals surface area contributed by atoms with Crippen LogP contribution in [-0.4, -0.2) is 16.6 Å². The minimum Gasteiger partial charge on any atom is -0.302 e. The van der Waals surface area contributed by atoms with Gasteiger partial charge >= 0.3 is 0 Å². The molecule has 0 unspecified atom stereocenters. The zero-order valence-corrected chi connectivity index (χ0v) is 16.4. The summed E-state index contributed by atoms with van der Waals surface area (Å²) in [7, 11) is 0. The summed E-state index contributed by atoms with van der Waals surface area (Å²) in [5.41, 5.74) is 4.61. The average molecular weight is 371 g/mol. The molecule has 0 aliphatic heterocycles. The summed E-state index contributed by atoms with van der Waals surface area (Å²) in [5, 5.41) is 3.65. The fourth-order valence-corrected chi connectivity index (χ4v) is 4.43. The second kappa shape index (κ2) is 8.02. The molecule has 1 aromatic heterocycles. The normalized spacial score (nSPS) is 11.0. The van der Waals surface area contributed by atoms with Crippen molar-refractivity contribution >= 4 is 44.4 Å². The van der Waals surface area contributed by atoms with Gasteiger partial charge in [0.2, 0.25) is 5.91 Å². The van der Waals surface area contributed by atoms with Gasteiger partial charge < -0.3 is 5.32 Å². The first-order chi connectivity index (χ1) is 12.0. The highest BCUT2D eigenvalue weighted by atomic mass is 32.2. The van der Waals surface area contributed by atoms with E-state index in [0.717, 1.165) is 28.0 Å². The van der Waals surface area contributed by atoms with Crippen molar-refractivity contribution in [3.05, 3.63) is 53.1 Å². The van der Waals surface area contributed by atoms with Crippen molar-refractivity contribution in [1.29, 1.82) is 0 Å². The highest BCUT2D eigenvalue weighted by molar-refractivity contribution is 7.99. The lowest BCUT2D eigenvalue weighted by Gasteiger charge is -2.03. The number of amides is 1. The Bertz CT molecular complexity index is 846. The predicted octanol–water partition coefficient (Wildman–Crippen LogP) is 5.73. The molecule has 2 aromatic carbocycles. The zero-order valence-electron chi connectivity index (χ0n) is 14.8. The maximum atomic E-state index is 12.2. The molecule has 1 heterocycles. The van der Waals surface area contributed by atoms with E-state index >= 15 is 0 Å². The first-order valence-corrected chi connectivity index (χ1v) is 10.2. The molecule has 0 spiro atoms. The van der Waals surface area contributed by atoms with Crippen LogP contribution in [0.4, 0.5) is 5.13 Å². The Balaban J connectivity index is 1.50. The summed E-state index contributed by atoms with van der Waals surface area (Å²) in [5.74, 6) is 0.980. The largest absolute Gasteiger partial charge is 0.302 e. The Hall–Kier alpha value is -1.85. The van der Waals surface area contributed by atoms with E-state index in [1.807, 2.05) is 0 Å². The number of hydrogen-bond donors (Lipinski definition) is 1. The fourth-order valence-electron chi connectivity index (χ4n) is 2.55. The molecule has 130 valence electrons. The lowest BCUT2D eigenvalue weighted by molar-refractivity contribution is -0.116. The van der Waals surface area contributed by atoms with Crippen molar-refractivity contribution in [2.75, 3.05) is 11.1 Å². The van der Waals surface area contributed by atoms with Crippen molar-refractivity contribution in [1.82, 2.24) is 4.98 Å². The van der Waals surface area contributed by atoms with Crippen molar-refractivity contribution in [3.63, 3.8) is 0 Å². The topological polar surface area (TPSA) is 42.0 Å². The number of rotatable bonds is 6. The molecule has 0 saturated carbocycles. The standard InChI is InChI=1S/C20H22N2OS2/c1-13-6-10-16(11-7-13)24-12-4-5-17(23)21-20-22-18-14(2)8-9-15(3)19(18)25-20/h6-11H,4-5,12H2,1-3H3,(H,21,22,23). The summed E-state index contributed by atoms with van der Waals surface area (Å²) < 4.78 is 1.16. The third-order valence-electron chi connectivity index (χ3n) is 4.03. The number of aryl methyl sites for hydroxylation is 3. The van der Waals surface area contributed by atoms with Crippen LogP contribution in [-0.2, 0) is 4.79 Å². The lowest BCUT2D eigenvalue weighted by atomic mass is 10.1. The number of carbonyl (C=O) groups excluding carboxylic acids is 1. The van der Waals surface area contributed by atoms with E-state index < -0.39 is 0 Å². The molecule has 0 atom stereocenters. The second-order valence-electron chi connectivity index (χ2n) is 6.21. The smallest absolute Gasteiger partial charge is 0.226 e. The monoisotopic (exact) mass is 370 g/mol. The molecule has 0 aliphatic rings. The van der Waals surface area contributed by atoms with Crippen LogP contribution in [0.3, 0.4) is 0 Å². The minimum absolute atomic E-state index is 0.0406. The van der Waals surface area contributed by atoms with Crippen LogP contribution in [0.15, 0.2) is 41.3 Å². The Kier molecular flexibility index (Phi) is 5.76. The number of nitrogens with zero attached hydrogens (tertiary/aromatic N) is 1. The van der Waals surface area contributed by atoms with Crippen molar-refractivity contribution in [3.8, 4) is 0 Å². The van der Waals surface area contributed by atoms with Gasteiger partial charge in [0.15, 0.2) is 5.13 Å². The molecular weight excluding hydrogens is 348 g/mol. The van der Waals surface area contributed by atoms with Gasteiger partial charge in [0.05, 0.1) is 10.2 Å². The SMILES string of the molecule is Cc1ccc(SCCCC(=O)Nc2nc3c(C)ccc(C)c3s2)cc1. The van der Waals surface area contributed by atoms with Crippen LogP contribution >= 0.6 is 23.1 Å². The molecule has 0 bridgehead atoms. The molecule has 3 nitrogen and oxygen atoms in total. The number of benzene rings is 2. The Morgan fingerprint density at radius 3 is 2.52 bits per heavy atom. The van der Waals surface area contributed by atoms with Gasteiger partial charge in [-0.2, -0.15) is 0 Å². The van der Waals surface area contributed by atoms with Crippen LogP contribution in [0, 0.1) is 20.8 Å². The van der Waals surface area contributed by atoms with Gasteiger partial charge in [0, 0.05) is 11.3 Å². The minimum atomic E-state index is 0.0406. The quantitative estimate of drug-likeness (QED) is 0.445. The van der Waals surface area contributed by atoms with E-state index in [4.69, 9.17) is 0 Å². The lowest BCUT2D eigenvalue weighted by Crippen LogP contribution is -2.11. The van der Waals surface area contributed by atoms with E-state index in [1.54, 1.807) is 23.1 Å². The molecule has 1 N–H and O–H groups in total. The van der Waals surface area contributed by atoms with Gasteiger partial charge in [-0.15, -0.1) is 11.8 Å². The van der Waals surface area contributed by atoms with E-state index in [1.165, 1.54) is 16.0 Å². The van der Waals surface area contributed by atoms with Crippen LogP contribution in [0.5, 0.6) is 0 Å². The van der Waals surface area contributed by atoms with Crippen LogP contribution in [0.2, 0.25) is 0 Å². The van der Waals surface area contributed by atoms with E-state index in [-0.39, 0.29) is 5.91 Å². The van der Waals surface area contributed by atoms with Gasteiger partial charge in [-0.1, -0.05) is 41.2 Å². The number of thiazole rings is 1. The van der Waals surface area contributed by atoms with Gasteiger partial charge in [-0.05, 0) is 56.2 Å². The first-order valence-electron chi connectivity index (χ1n) is 8.39. The number of aromatic nitrogens is 1. The molecule has 0 aliphatic carbocycles. The highest BCUT2D eigenvalue weighted by Gasteiger charge is 2.11. The van der Waals surface area contributed by atoms with Crippen LogP contribution in [0.1, 0.15) is 29.5 Å². The van der Waals surface area contributed by atoms with E-state index in [9.17, 15) is 4.79 Å². The molecule has 5 heteroatoms. The average Bonchev–Trinajstić information content (AvgIpc) is 3.02. The summed E-state index contributed by atoms with van der Waals surface area (Å²) in [6.45, 7) is 6.22. The van der Waals surface area contributed by atoms with Crippen molar-refractivity contribution in [2.24, 2.45) is 0 Å². The van der Waals surface area contributed by atoms with Gasteiger partial charge in [-0.25, -0.2) is 4.98 Å². The Labute approximate surface area is 156 Å². The third kappa shape index (κ3) is 4.61. The maximum Gasteiger partial charge on any atom is 0.226 e. The number of nitrogens with one attached hydrogen (secondary N) is 1. The molecule has 3 rings (SSSR count). The van der Waals surface area contributed by atoms with Crippen molar-refractivity contribution in [2.45, 2.75) is 38.5 Å². The third-order valence-corrected chi connectivity index (χ3v) is 6.23. The maximum absolute atomic E-state index is 12.2. The van der Waals surface area contributed by atoms with Gasteiger partial charge in [0.25, 0.3) is 0 Å².